The number of aliphatic imine (C=N–C) groups is 1. The Morgan fingerprint density at radius 1 is 1.37 bits per heavy atom. The number of hydrogen-bond donors (Lipinski definition) is 0. The molecule has 0 amide bonds. The van der Waals surface area contributed by atoms with Crippen molar-refractivity contribution in [2.45, 2.75) is 6.92 Å². The lowest BCUT2D eigenvalue weighted by atomic mass is 10.2. The number of fused-ring (bicyclic) bond motifs is 2. The van der Waals surface area contributed by atoms with Crippen LogP contribution in [0.25, 0.3) is 15.8 Å². The Morgan fingerprint density at radius 2 is 2.26 bits per heavy atom. The molecule has 0 unspecified atom stereocenters. The molecular weight excluding hydrogens is 296 g/mol. The van der Waals surface area contributed by atoms with Crippen molar-refractivity contribution in [3.63, 3.8) is 0 Å². The standard InChI is InChI=1S/C14H11ClN2S2/c1-8-12(17-6-5-16-14(17)18-8)11-7-9-3-2-4-10(15)13(9)19-11/h2-4,7H,5-6H2,1H3. The van der Waals surface area contributed by atoms with E-state index >= 15 is 0 Å². The zero-order valence-corrected chi connectivity index (χ0v) is 12.7. The van der Waals surface area contributed by atoms with Gasteiger partial charge in [0, 0.05) is 11.4 Å². The molecule has 0 N–H and O–H groups in total. The lowest BCUT2D eigenvalue weighted by Crippen LogP contribution is -2.19. The highest BCUT2D eigenvalue weighted by molar-refractivity contribution is 8.17. The minimum Gasteiger partial charge on any atom is -0.317 e. The highest BCUT2D eigenvalue weighted by Gasteiger charge is 2.31. The average Bonchev–Trinajstić information content (AvgIpc) is 3.02. The minimum absolute atomic E-state index is 0.841. The topological polar surface area (TPSA) is 15.6 Å². The van der Waals surface area contributed by atoms with Gasteiger partial charge >= 0.3 is 0 Å². The highest BCUT2D eigenvalue weighted by atomic mass is 35.5. The maximum absolute atomic E-state index is 6.28. The average molecular weight is 307 g/mol. The van der Waals surface area contributed by atoms with E-state index in [1.165, 1.54) is 25.6 Å². The monoisotopic (exact) mass is 306 g/mol. The van der Waals surface area contributed by atoms with Gasteiger partial charge in [-0.05, 0) is 24.4 Å². The summed E-state index contributed by atoms with van der Waals surface area (Å²) in [5.74, 6) is 0. The van der Waals surface area contributed by atoms with Crippen LogP contribution in [-0.4, -0.2) is 23.2 Å². The molecule has 1 aromatic heterocycles. The van der Waals surface area contributed by atoms with Crippen LogP contribution in [0.2, 0.25) is 5.02 Å². The molecule has 0 saturated heterocycles. The molecule has 0 bridgehead atoms. The number of halogens is 1. The van der Waals surface area contributed by atoms with Gasteiger partial charge in [0.05, 0.1) is 26.8 Å². The third kappa shape index (κ3) is 1.74. The molecule has 0 atom stereocenters. The number of thioether (sulfide) groups is 1. The summed E-state index contributed by atoms with van der Waals surface area (Å²) >= 11 is 9.83. The summed E-state index contributed by atoms with van der Waals surface area (Å²) in [5, 5.41) is 3.21. The van der Waals surface area contributed by atoms with Crippen LogP contribution in [0, 0.1) is 0 Å². The van der Waals surface area contributed by atoms with E-state index in [1.54, 1.807) is 23.1 Å². The third-order valence-corrected chi connectivity index (χ3v) is 6.03. The lowest BCUT2D eigenvalue weighted by molar-refractivity contribution is 0.649. The fourth-order valence-electron chi connectivity index (χ4n) is 2.55. The normalized spacial score (nSPS) is 18.4. The first-order valence-electron chi connectivity index (χ1n) is 6.13. The highest BCUT2D eigenvalue weighted by Crippen LogP contribution is 2.45. The van der Waals surface area contributed by atoms with E-state index in [2.05, 4.69) is 28.9 Å². The Morgan fingerprint density at radius 3 is 3.11 bits per heavy atom. The molecule has 96 valence electrons. The molecule has 0 spiro atoms. The summed E-state index contributed by atoms with van der Waals surface area (Å²) in [6.45, 7) is 4.08. The van der Waals surface area contributed by atoms with E-state index in [9.17, 15) is 0 Å². The maximum Gasteiger partial charge on any atom is 0.168 e. The van der Waals surface area contributed by atoms with Crippen molar-refractivity contribution < 1.29 is 0 Å². The number of hydrogen-bond acceptors (Lipinski definition) is 4. The molecule has 3 heterocycles. The van der Waals surface area contributed by atoms with Gasteiger partial charge in [-0.2, -0.15) is 0 Å². The summed E-state index contributed by atoms with van der Waals surface area (Å²) in [4.78, 5) is 9.50. The number of allylic oxidation sites excluding steroid dienone is 1. The second-order valence-electron chi connectivity index (χ2n) is 4.59. The fourth-order valence-corrected chi connectivity index (χ4v) is 5.13. The predicted octanol–water partition coefficient (Wildman–Crippen LogP) is 4.66. The molecule has 2 nitrogen and oxygen atoms in total. The van der Waals surface area contributed by atoms with Crippen molar-refractivity contribution >= 4 is 55.7 Å². The molecule has 2 aliphatic rings. The SMILES string of the molecule is CC1=C(c2cc3cccc(Cl)c3s2)N2CCN=C2S1. The van der Waals surface area contributed by atoms with Crippen LogP contribution in [0.4, 0.5) is 0 Å². The fraction of sp³-hybridized carbons (Fsp3) is 0.214. The first kappa shape index (κ1) is 11.8. The zero-order chi connectivity index (χ0) is 13.0. The maximum atomic E-state index is 6.28. The van der Waals surface area contributed by atoms with Crippen molar-refractivity contribution in [2.24, 2.45) is 4.99 Å². The van der Waals surface area contributed by atoms with E-state index < -0.39 is 0 Å². The van der Waals surface area contributed by atoms with Crippen LogP contribution >= 0.6 is 34.7 Å². The van der Waals surface area contributed by atoms with E-state index in [-0.39, 0.29) is 0 Å². The quantitative estimate of drug-likeness (QED) is 0.761. The summed E-state index contributed by atoms with van der Waals surface area (Å²) in [7, 11) is 0. The first-order valence-corrected chi connectivity index (χ1v) is 8.14. The number of benzene rings is 1. The summed E-state index contributed by atoms with van der Waals surface area (Å²) in [6.07, 6.45) is 0. The molecule has 0 fully saturated rings. The Bertz CT molecular complexity index is 745. The molecular formula is C14H11ClN2S2. The Balaban J connectivity index is 1.89. The van der Waals surface area contributed by atoms with Gasteiger partial charge in [0.25, 0.3) is 0 Å². The lowest BCUT2D eigenvalue weighted by Gasteiger charge is -2.15. The van der Waals surface area contributed by atoms with Gasteiger partial charge in [-0.15, -0.1) is 11.3 Å². The van der Waals surface area contributed by atoms with Gasteiger partial charge in [-0.1, -0.05) is 35.5 Å². The van der Waals surface area contributed by atoms with Crippen LogP contribution in [0.15, 0.2) is 34.2 Å². The molecule has 2 aliphatic heterocycles. The van der Waals surface area contributed by atoms with Crippen molar-refractivity contribution in [3.8, 4) is 0 Å². The summed E-state index contributed by atoms with van der Waals surface area (Å²) in [5.41, 5.74) is 1.32. The molecule has 19 heavy (non-hydrogen) atoms. The molecule has 0 saturated carbocycles. The number of thiophene rings is 1. The second kappa shape index (κ2) is 4.27. The van der Waals surface area contributed by atoms with Crippen LogP contribution < -0.4 is 0 Å². The molecule has 4 rings (SSSR count). The van der Waals surface area contributed by atoms with Crippen molar-refractivity contribution in [2.75, 3.05) is 13.1 Å². The van der Waals surface area contributed by atoms with Gasteiger partial charge in [0.15, 0.2) is 5.17 Å². The molecule has 1 aromatic carbocycles. The molecule has 0 aliphatic carbocycles. The smallest absolute Gasteiger partial charge is 0.168 e. The minimum atomic E-state index is 0.841. The van der Waals surface area contributed by atoms with Crippen molar-refractivity contribution in [3.05, 3.63) is 39.1 Å². The van der Waals surface area contributed by atoms with Crippen molar-refractivity contribution in [1.29, 1.82) is 0 Å². The van der Waals surface area contributed by atoms with E-state index in [0.29, 0.717) is 0 Å². The number of amidine groups is 1. The van der Waals surface area contributed by atoms with E-state index in [4.69, 9.17) is 11.6 Å². The van der Waals surface area contributed by atoms with Gasteiger partial charge in [0.1, 0.15) is 0 Å². The van der Waals surface area contributed by atoms with E-state index in [0.717, 1.165) is 23.3 Å². The summed E-state index contributed by atoms with van der Waals surface area (Å²) < 4.78 is 1.18. The van der Waals surface area contributed by atoms with Crippen LogP contribution in [0.1, 0.15) is 11.8 Å². The largest absolute Gasteiger partial charge is 0.317 e. The van der Waals surface area contributed by atoms with Gasteiger partial charge in [-0.25, -0.2) is 0 Å². The van der Waals surface area contributed by atoms with Crippen molar-refractivity contribution in [1.82, 2.24) is 4.90 Å². The predicted molar refractivity (Wildman–Crippen MR) is 86.0 cm³/mol. The Labute approximate surface area is 124 Å². The number of rotatable bonds is 1. The van der Waals surface area contributed by atoms with Crippen LogP contribution in [0.5, 0.6) is 0 Å². The van der Waals surface area contributed by atoms with Crippen LogP contribution in [0.3, 0.4) is 0 Å². The van der Waals surface area contributed by atoms with Gasteiger partial charge < -0.3 is 4.90 Å². The second-order valence-corrected chi connectivity index (χ2v) is 7.23. The molecule has 5 heteroatoms. The van der Waals surface area contributed by atoms with E-state index in [1.807, 2.05) is 12.1 Å². The van der Waals surface area contributed by atoms with Gasteiger partial charge in [0.2, 0.25) is 0 Å². The number of nitrogens with zero attached hydrogens (tertiary/aromatic N) is 2. The summed E-state index contributed by atoms with van der Waals surface area (Å²) in [6, 6.07) is 8.33. The van der Waals surface area contributed by atoms with Crippen LogP contribution in [-0.2, 0) is 0 Å². The Kier molecular flexibility index (Phi) is 2.65. The third-order valence-electron chi connectivity index (χ3n) is 3.38. The zero-order valence-electron chi connectivity index (χ0n) is 10.3. The van der Waals surface area contributed by atoms with Gasteiger partial charge in [-0.3, -0.25) is 4.99 Å². The molecule has 2 aromatic rings. The first-order chi connectivity index (χ1) is 9.24. The molecule has 0 radical (unpaired) electrons. The Hall–Kier alpha value is -0.970.